The van der Waals surface area contributed by atoms with Gasteiger partial charge in [0.25, 0.3) is 0 Å². The molecule has 68 valence electrons. The van der Waals surface area contributed by atoms with Crippen molar-refractivity contribution in [3.05, 3.63) is 0 Å². The van der Waals surface area contributed by atoms with Gasteiger partial charge in [-0.05, 0) is 5.41 Å². The Morgan fingerprint density at radius 1 is 1.55 bits per heavy atom. The summed E-state index contributed by atoms with van der Waals surface area (Å²) in [5.74, 6) is 0. The van der Waals surface area contributed by atoms with Gasteiger partial charge in [-0.1, -0.05) is 20.8 Å². The first-order valence-corrected chi connectivity index (χ1v) is 5.53. The predicted molar refractivity (Wildman–Crippen MR) is 42.2 cm³/mol. The first-order chi connectivity index (χ1) is 4.71. The second kappa shape index (κ2) is 3.87. The van der Waals surface area contributed by atoms with Gasteiger partial charge in [-0.15, -0.1) is 4.67 Å². The number of hydrogen-bond acceptors (Lipinski definition) is 3. The number of rotatable bonds is 3. The fourth-order valence-corrected chi connectivity index (χ4v) is 0.570. The quantitative estimate of drug-likeness (QED) is 0.434. The molecule has 6 heteroatoms. The third-order valence-corrected chi connectivity index (χ3v) is 1.09. The third-order valence-electron chi connectivity index (χ3n) is 0.637. The van der Waals surface area contributed by atoms with Gasteiger partial charge in [0, 0.05) is 11.2 Å². The van der Waals surface area contributed by atoms with Crippen molar-refractivity contribution in [1.82, 2.24) is 0 Å². The van der Waals surface area contributed by atoms with Crippen LogP contribution in [-0.4, -0.2) is 11.5 Å². The smallest absolute Gasteiger partial charge is 0.311 e. The molecule has 1 unspecified atom stereocenters. The van der Waals surface area contributed by atoms with Crippen molar-refractivity contribution < 1.29 is 19.0 Å². The zero-order valence-corrected chi connectivity index (χ0v) is 8.35. The minimum Gasteiger partial charge on any atom is -0.311 e. The summed E-state index contributed by atoms with van der Waals surface area (Å²) in [6.07, 6.45) is 0. The highest BCUT2D eigenvalue weighted by atomic mass is 35.7. The Morgan fingerprint density at radius 2 is 2.00 bits per heavy atom. The second-order valence-electron chi connectivity index (χ2n) is 3.35. The maximum atomic E-state index is 10.3. The molecule has 0 saturated carbocycles. The second-order valence-corrected chi connectivity index (χ2v) is 5.68. The molecule has 1 N–H and O–H groups in total. The van der Waals surface area contributed by atoms with Crippen LogP contribution in [-0.2, 0) is 14.1 Å². The lowest BCUT2D eigenvalue weighted by atomic mass is 9.99. The van der Waals surface area contributed by atoms with Crippen LogP contribution >= 0.6 is 18.2 Å². The minimum atomic E-state index is -4.00. The zero-order valence-electron chi connectivity index (χ0n) is 6.70. The van der Waals surface area contributed by atoms with Crippen molar-refractivity contribution >= 4 is 18.2 Å². The number of hydrogen-bond donors (Lipinski definition) is 1. The molecule has 0 spiro atoms. The van der Waals surface area contributed by atoms with E-state index in [0.717, 1.165) is 0 Å². The molecule has 1 atom stereocenters. The molecule has 0 saturated heterocycles. The summed E-state index contributed by atoms with van der Waals surface area (Å²) in [7, 11) is 0. The molecule has 0 rings (SSSR count). The largest absolute Gasteiger partial charge is 0.448 e. The molecule has 11 heavy (non-hydrogen) atoms. The summed E-state index contributed by atoms with van der Waals surface area (Å²) >= 11 is 4.83. The lowest BCUT2D eigenvalue weighted by molar-refractivity contribution is -0.227. The van der Waals surface area contributed by atoms with Crippen LogP contribution in [0.2, 0.25) is 0 Å². The lowest BCUT2D eigenvalue weighted by Gasteiger charge is -2.16. The van der Waals surface area contributed by atoms with Gasteiger partial charge in [0.15, 0.2) is 0 Å². The van der Waals surface area contributed by atoms with Crippen LogP contribution < -0.4 is 0 Å². The normalized spacial score (nSPS) is 17.9. The monoisotopic (exact) mass is 202 g/mol. The maximum Gasteiger partial charge on any atom is 0.448 e. The molecule has 0 bridgehead atoms. The first-order valence-electron chi connectivity index (χ1n) is 3.04. The van der Waals surface area contributed by atoms with Gasteiger partial charge in [0.1, 0.15) is 0 Å². The Bertz CT molecular complexity index is 158. The van der Waals surface area contributed by atoms with Crippen LogP contribution in [0.4, 0.5) is 0 Å². The SMILES string of the molecule is CC(C)(C)COOP(=O)(O)Cl. The van der Waals surface area contributed by atoms with E-state index in [4.69, 9.17) is 16.1 Å². The van der Waals surface area contributed by atoms with Crippen LogP contribution in [0, 0.1) is 5.41 Å². The fraction of sp³-hybridized carbons (Fsp3) is 1.00. The van der Waals surface area contributed by atoms with E-state index in [-0.39, 0.29) is 12.0 Å². The molecule has 0 fully saturated rings. The molecular formula is C5H12ClO4P. The van der Waals surface area contributed by atoms with Gasteiger partial charge < -0.3 is 4.89 Å². The van der Waals surface area contributed by atoms with Crippen LogP contribution in [0.25, 0.3) is 0 Å². The van der Waals surface area contributed by atoms with Crippen LogP contribution in [0.3, 0.4) is 0 Å². The van der Waals surface area contributed by atoms with Crippen LogP contribution in [0.15, 0.2) is 0 Å². The molecule has 0 aliphatic rings. The van der Waals surface area contributed by atoms with Crippen molar-refractivity contribution in [1.29, 1.82) is 0 Å². The molecule has 4 nitrogen and oxygen atoms in total. The molecule has 0 aliphatic carbocycles. The summed E-state index contributed by atoms with van der Waals surface area (Å²) in [5.41, 5.74) is -0.119. The molecule has 0 aliphatic heterocycles. The first kappa shape index (κ1) is 11.4. The Labute approximate surface area is 70.7 Å². The highest BCUT2D eigenvalue weighted by molar-refractivity contribution is 7.80. The zero-order chi connectivity index (χ0) is 9.12. The molecule has 0 aromatic rings. The number of halogens is 1. The summed E-state index contributed by atoms with van der Waals surface area (Å²) in [6.45, 7) is 1.90. The van der Waals surface area contributed by atoms with Gasteiger partial charge in [-0.2, -0.15) is 0 Å². The maximum absolute atomic E-state index is 10.3. The van der Waals surface area contributed by atoms with E-state index in [2.05, 4.69) is 9.56 Å². The van der Waals surface area contributed by atoms with Gasteiger partial charge in [-0.3, -0.25) is 0 Å². The standard InChI is InChI=1S/C5H12ClO4P/c1-5(2,3)4-9-10-11(6,7)8/h4H2,1-3H3,(H,7,8). The average Bonchev–Trinajstić information content (AvgIpc) is 1.55. The Kier molecular flexibility index (Phi) is 4.02. The van der Waals surface area contributed by atoms with E-state index in [1.54, 1.807) is 0 Å². The predicted octanol–water partition coefficient (Wildman–Crippen LogP) is 2.32. The van der Waals surface area contributed by atoms with Gasteiger partial charge in [0.05, 0.1) is 6.61 Å². The minimum absolute atomic E-state index is 0.119. The van der Waals surface area contributed by atoms with E-state index in [9.17, 15) is 4.57 Å². The third kappa shape index (κ3) is 10.4. The van der Waals surface area contributed by atoms with E-state index < -0.39 is 6.95 Å². The highest BCUT2D eigenvalue weighted by Crippen LogP contribution is 2.47. The summed E-state index contributed by atoms with van der Waals surface area (Å²) in [4.78, 5) is 12.8. The summed E-state index contributed by atoms with van der Waals surface area (Å²) in [6, 6.07) is 0. The molecule has 0 radical (unpaired) electrons. The van der Waals surface area contributed by atoms with Crippen LogP contribution in [0.5, 0.6) is 0 Å². The van der Waals surface area contributed by atoms with Gasteiger partial charge in [-0.25, -0.2) is 9.45 Å². The van der Waals surface area contributed by atoms with E-state index in [1.807, 2.05) is 20.8 Å². The molecule has 0 amide bonds. The molecular weight excluding hydrogens is 190 g/mol. The van der Waals surface area contributed by atoms with Crippen molar-refractivity contribution in [2.75, 3.05) is 6.61 Å². The van der Waals surface area contributed by atoms with Gasteiger partial charge in [0.2, 0.25) is 0 Å². The Hall–Kier alpha value is 0.400. The molecule has 0 aromatic carbocycles. The van der Waals surface area contributed by atoms with Crippen molar-refractivity contribution in [3.8, 4) is 0 Å². The fourth-order valence-electron chi connectivity index (χ4n) is 0.268. The lowest BCUT2D eigenvalue weighted by Crippen LogP contribution is -2.13. The van der Waals surface area contributed by atoms with E-state index in [1.165, 1.54) is 0 Å². The Morgan fingerprint density at radius 3 is 2.27 bits per heavy atom. The summed E-state index contributed by atoms with van der Waals surface area (Å²) < 4.78 is 14.3. The molecule has 0 aromatic heterocycles. The Balaban J connectivity index is 3.52. The van der Waals surface area contributed by atoms with Crippen LogP contribution in [0.1, 0.15) is 20.8 Å². The summed E-state index contributed by atoms with van der Waals surface area (Å²) in [5, 5.41) is 0. The van der Waals surface area contributed by atoms with Gasteiger partial charge >= 0.3 is 6.95 Å². The topological polar surface area (TPSA) is 55.8 Å². The van der Waals surface area contributed by atoms with E-state index in [0.29, 0.717) is 0 Å². The average molecular weight is 203 g/mol. The molecule has 0 heterocycles. The van der Waals surface area contributed by atoms with Crippen molar-refractivity contribution in [3.63, 3.8) is 0 Å². The highest BCUT2D eigenvalue weighted by Gasteiger charge is 2.18. The van der Waals surface area contributed by atoms with Crippen molar-refractivity contribution in [2.24, 2.45) is 5.41 Å². The van der Waals surface area contributed by atoms with E-state index >= 15 is 0 Å². The van der Waals surface area contributed by atoms with Crippen molar-refractivity contribution in [2.45, 2.75) is 20.8 Å².